The van der Waals surface area contributed by atoms with Crippen LogP contribution in [-0.4, -0.2) is 23.0 Å². The molecule has 1 atom stereocenters. The molecule has 0 aliphatic rings. The molecule has 3 rings (SSSR count). The molecule has 0 unspecified atom stereocenters. The lowest BCUT2D eigenvalue weighted by Crippen LogP contribution is -2.22. The topological polar surface area (TPSA) is 87.9 Å². The van der Waals surface area contributed by atoms with Gasteiger partial charge in [-0.05, 0) is 24.3 Å². The fourth-order valence-corrected chi connectivity index (χ4v) is 2.61. The number of para-hydroxylation sites is 4. The van der Waals surface area contributed by atoms with E-state index in [4.69, 9.17) is 16.3 Å². The number of hydrogen-bond donors (Lipinski definition) is 1. The summed E-state index contributed by atoms with van der Waals surface area (Å²) in [4.78, 5) is 21.1. The molecule has 0 saturated heterocycles. The first-order chi connectivity index (χ1) is 12.1. The van der Waals surface area contributed by atoms with Crippen molar-refractivity contribution in [3.05, 3.63) is 59.4 Å². The third-order valence-electron chi connectivity index (χ3n) is 3.58. The van der Waals surface area contributed by atoms with Crippen LogP contribution in [0.4, 0.5) is 5.69 Å². The molecule has 0 aliphatic heterocycles. The second-order valence-corrected chi connectivity index (χ2v) is 5.50. The number of fused-ring (bicyclic) bond motifs is 1. The predicted molar refractivity (Wildman–Crippen MR) is 94.5 cm³/mol. The van der Waals surface area contributed by atoms with Gasteiger partial charge in [0.05, 0.1) is 29.9 Å². The van der Waals surface area contributed by atoms with Crippen molar-refractivity contribution in [1.82, 2.24) is 9.97 Å². The number of nitrogens with one attached hydrogen (secondary N) is 1. The van der Waals surface area contributed by atoms with Crippen molar-refractivity contribution in [1.29, 1.82) is 5.26 Å². The summed E-state index contributed by atoms with van der Waals surface area (Å²) in [7, 11) is 1.50. The summed E-state index contributed by atoms with van der Waals surface area (Å²) in [6.45, 7) is 0. The number of amides is 1. The standard InChI is InChI=1S/C18H13ClN4O2/c1-25-15-9-5-4-8-14(15)23-18(24)11(10-20)16-17(19)22-13-7-3-2-6-12(13)21-16/h2-9,11H,1H3,(H,23,24)/t11-/m0/s1. The Hall–Kier alpha value is -3.17. The van der Waals surface area contributed by atoms with Crippen LogP contribution in [0.3, 0.4) is 0 Å². The minimum Gasteiger partial charge on any atom is -0.495 e. The molecule has 1 heterocycles. The zero-order valence-electron chi connectivity index (χ0n) is 13.2. The van der Waals surface area contributed by atoms with Gasteiger partial charge in [-0.1, -0.05) is 35.9 Å². The highest BCUT2D eigenvalue weighted by Crippen LogP contribution is 2.27. The SMILES string of the molecule is COc1ccccc1NC(=O)[C@@H](C#N)c1nc2ccccc2nc1Cl. The number of aromatic nitrogens is 2. The van der Waals surface area contributed by atoms with Crippen LogP contribution in [0.2, 0.25) is 5.15 Å². The Kier molecular flexibility index (Phi) is 4.78. The van der Waals surface area contributed by atoms with Gasteiger partial charge in [0.1, 0.15) is 11.4 Å². The molecular formula is C18H13ClN4O2. The van der Waals surface area contributed by atoms with Gasteiger partial charge in [-0.15, -0.1) is 0 Å². The third kappa shape index (κ3) is 3.37. The van der Waals surface area contributed by atoms with E-state index in [0.29, 0.717) is 22.5 Å². The van der Waals surface area contributed by atoms with E-state index in [1.165, 1.54) is 7.11 Å². The van der Waals surface area contributed by atoms with E-state index in [1.807, 2.05) is 12.1 Å². The number of halogens is 1. The highest BCUT2D eigenvalue weighted by Gasteiger charge is 2.26. The zero-order valence-corrected chi connectivity index (χ0v) is 14.0. The van der Waals surface area contributed by atoms with Crippen molar-refractivity contribution < 1.29 is 9.53 Å². The van der Waals surface area contributed by atoms with Gasteiger partial charge in [-0.25, -0.2) is 9.97 Å². The van der Waals surface area contributed by atoms with E-state index in [-0.39, 0.29) is 10.8 Å². The van der Waals surface area contributed by atoms with Crippen LogP contribution >= 0.6 is 11.6 Å². The monoisotopic (exact) mass is 352 g/mol. The highest BCUT2D eigenvalue weighted by atomic mass is 35.5. The molecule has 0 radical (unpaired) electrons. The fourth-order valence-electron chi connectivity index (χ4n) is 2.37. The molecule has 0 spiro atoms. The molecule has 0 fully saturated rings. The van der Waals surface area contributed by atoms with Crippen LogP contribution < -0.4 is 10.1 Å². The average Bonchev–Trinajstić information content (AvgIpc) is 2.63. The summed E-state index contributed by atoms with van der Waals surface area (Å²) in [5.41, 5.74) is 1.74. The molecule has 124 valence electrons. The van der Waals surface area contributed by atoms with Crippen LogP contribution in [-0.2, 0) is 4.79 Å². The minimum absolute atomic E-state index is 0.0282. The minimum atomic E-state index is -1.20. The summed E-state index contributed by atoms with van der Waals surface area (Å²) in [5, 5.41) is 12.2. The van der Waals surface area contributed by atoms with Gasteiger partial charge in [0.15, 0.2) is 11.1 Å². The van der Waals surface area contributed by atoms with E-state index >= 15 is 0 Å². The molecule has 0 aliphatic carbocycles. The first-order valence-electron chi connectivity index (χ1n) is 7.39. The van der Waals surface area contributed by atoms with Gasteiger partial charge in [0.2, 0.25) is 5.91 Å². The molecule has 7 heteroatoms. The maximum absolute atomic E-state index is 12.6. The van der Waals surface area contributed by atoms with Gasteiger partial charge < -0.3 is 10.1 Å². The van der Waals surface area contributed by atoms with Crippen molar-refractivity contribution in [3.8, 4) is 11.8 Å². The number of carbonyl (C=O) groups excluding carboxylic acids is 1. The second kappa shape index (κ2) is 7.16. The van der Waals surface area contributed by atoms with E-state index in [2.05, 4.69) is 15.3 Å². The van der Waals surface area contributed by atoms with Crippen molar-refractivity contribution in [2.75, 3.05) is 12.4 Å². The molecule has 3 aromatic rings. The van der Waals surface area contributed by atoms with Gasteiger partial charge in [0.25, 0.3) is 0 Å². The lowest BCUT2D eigenvalue weighted by atomic mass is 10.1. The maximum Gasteiger partial charge on any atom is 0.248 e. The Morgan fingerprint density at radius 1 is 1.16 bits per heavy atom. The number of benzene rings is 2. The first kappa shape index (κ1) is 16.7. The third-order valence-corrected chi connectivity index (χ3v) is 3.86. The van der Waals surface area contributed by atoms with E-state index in [1.54, 1.807) is 42.5 Å². The second-order valence-electron chi connectivity index (χ2n) is 5.14. The molecule has 1 aromatic heterocycles. The molecule has 6 nitrogen and oxygen atoms in total. The zero-order chi connectivity index (χ0) is 17.8. The summed E-state index contributed by atoms with van der Waals surface area (Å²) < 4.78 is 5.20. The molecule has 25 heavy (non-hydrogen) atoms. The number of nitriles is 1. The lowest BCUT2D eigenvalue weighted by Gasteiger charge is -2.13. The molecule has 2 aromatic carbocycles. The van der Waals surface area contributed by atoms with Crippen molar-refractivity contribution in [2.24, 2.45) is 0 Å². The smallest absolute Gasteiger partial charge is 0.248 e. The Bertz CT molecular complexity index is 984. The predicted octanol–water partition coefficient (Wildman–Crippen LogP) is 3.54. The quantitative estimate of drug-likeness (QED) is 0.775. The summed E-state index contributed by atoms with van der Waals surface area (Å²) in [5.74, 6) is -1.27. The van der Waals surface area contributed by atoms with Crippen LogP contribution in [0.5, 0.6) is 5.75 Å². The van der Waals surface area contributed by atoms with Crippen LogP contribution in [0.1, 0.15) is 11.6 Å². The van der Waals surface area contributed by atoms with Gasteiger partial charge in [-0.2, -0.15) is 5.26 Å². The number of rotatable bonds is 4. The summed E-state index contributed by atoms with van der Waals surface area (Å²) in [6, 6.07) is 16.0. The van der Waals surface area contributed by atoms with Gasteiger partial charge >= 0.3 is 0 Å². The largest absolute Gasteiger partial charge is 0.495 e. The van der Waals surface area contributed by atoms with Gasteiger partial charge in [0, 0.05) is 0 Å². The number of nitrogens with zero attached hydrogens (tertiary/aromatic N) is 3. The molecule has 1 N–H and O–H groups in total. The molecule has 1 amide bonds. The van der Waals surface area contributed by atoms with Gasteiger partial charge in [-0.3, -0.25) is 4.79 Å². The Morgan fingerprint density at radius 3 is 2.48 bits per heavy atom. The van der Waals surface area contributed by atoms with Crippen LogP contribution in [0.15, 0.2) is 48.5 Å². The Morgan fingerprint density at radius 2 is 1.80 bits per heavy atom. The summed E-state index contributed by atoms with van der Waals surface area (Å²) >= 11 is 6.15. The van der Waals surface area contributed by atoms with E-state index in [9.17, 15) is 10.1 Å². The van der Waals surface area contributed by atoms with Crippen molar-refractivity contribution in [3.63, 3.8) is 0 Å². The molecule has 0 bridgehead atoms. The number of methoxy groups -OCH3 is 1. The lowest BCUT2D eigenvalue weighted by molar-refractivity contribution is -0.116. The average molecular weight is 353 g/mol. The highest BCUT2D eigenvalue weighted by molar-refractivity contribution is 6.30. The maximum atomic E-state index is 12.6. The van der Waals surface area contributed by atoms with Crippen molar-refractivity contribution in [2.45, 2.75) is 5.92 Å². The number of anilines is 1. The van der Waals surface area contributed by atoms with E-state index < -0.39 is 11.8 Å². The number of carbonyl (C=O) groups is 1. The normalized spacial score (nSPS) is 11.6. The van der Waals surface area contributed by atoms with Crippen LogP contribution in [0.25, 0.3) is 11.0 Å². The molecular weight excluding hydrogens is 340 g/mol. The Labute approximate surface area is 149 Å². The van der Waals surface area contributed by atoms with Crippen LogP contribution in [0, 0.1) is 11.3 Å². The number of hydrogen-bond acceptors (Lipinski definition) is 5. The van der Waals surface area contributed by atoms with E-state index in [0.717, 1.165) is 0 Å². The fraction of sp³-hybridized carbons (Fsp3) is 0.111. The number of ether oxygens (including phenoxy) is 1. The molecule has 0 saturated carbocycles. The summed E-state index contributed by atoms with van der Waals surface area (Å²) in [6.07, 6.45) is 0. The Balaban J connectivity index is 1.96. The van der Waals surface area contributed by atoms with Crippen molar-refractivity contribution >= 4 is 34.2 Å². The first-order valence-corrected chi connectivity index (χ1v) is 7.77.